The molecule has 4 rings (SSSR count). The summed E-state index contributed by atoms with van der Waals surface area (Å²) in [6.45, 7) is 2.49. The molecule has 0 spiro atoms. The van der Waals surface area contributed by atoms with Gasteiger partial charge in [-0.1, -0.05) is 71.1 Å². The lowest BCUT2D eigenvalue weighted by molar-refractivity contribution is 0.0386. The summed E-state index contributed by atoms with van der Waals surface area (Å²) >= 11 is 0. The summed E-state index contributed by atoms with van der Waals surface area (Å²) in [4.78, 5) is 0. The van der Waals surface area contributed by atoms with E-state index >= 15 is 0 Å². The van der Waals surface area contributed by atoms with Gasteiger partial charge in [-0.25, -0.2) is 0 Å². The Hall–Kier alpha value is 0. The lowest BCUT2D eigenvalue weighted by atomic mass is 9.59. The van der Waals surface area contributed by atoms with Gasteiger partial charge in [-0.05, 0) is 73.5 Å². The van der Waals surface area contributed by atoms with Crippen molar-refractivity contribution in [3.63, 3.8) is 0 Å². The molecule has 0 heteroatoms. The average molecular weight is 317 g/mol. The quantitative estimate of drug-likeness (QED) is 0.515. The van der Waals surface area contributed by atoms with Crippen molar-refractivity contribution < 1.29 is 0 Å². The monoisotopic (exact) mass is 316 g/mol. The highest BCUT2D eigenvalue weighted by molar-refractivity contribution is 4.92. The van der Waals surface area contributed by atoms with E-state index in [4.69, 9.17) is 0 Å². The lowest BCUT2D eigenvalue weighted by Gasteiger charge is -2.46. The third-order valence-electron chi connectivity index (χ3n) is 8.73. The summed E-state index contributed by atoms with van der Waals surface area (Å²) in [6.07, 6.45) is 23.6. The zero-order valence-corrected chi connectivity index (χ0v) is 15.6. The molecule has 4 saturated carbocycles. The van der Waals surface area contributed by atoms with Crippen LogP contribution >= 0.6 is 0 Å². The SMILES string of the molecule is CC1CCC(C2CCC(C3CCCC3)CC2C2CCCC2)CC1. The molecule has 3 unspecified atom stereocenters. The minimum atomic E-state index is 1.02. The van der Waals surface area contributed by atoms with Crippen LogP contribution < -0.4 is 0 Å². The highest BCUT2D eigenvalue weighted by Gasteiger charge is 2.42. The van der Waals surface area contributed by atoms with Crippen LogP contribution in [0.15, 0.2) is 0 Å². The number of hydrogen-bond donors (Lipinski definition) is 0. The van der Waals surface area contributed by atoms with Crippen LogP contribution in [-0.2, 0) is 0 Å². The number of rotatable bonds is 3. The van der Waals surface area contributed by atoms with Gasteiger partial charge in [0.15, 0.2) is 0 Å². The van der Waals surface area contributed by atoms with E-state index in [-0.39, 0.29) is 0 Å². The van der Waals surface area contributed by atoms with Crippen LogP contribution in [0.4, 0.5) is 0 Å². The van der Waals surface area contributed by atoms with Crippen LogP contribution in [0.25, 0.3) is 0 Å². The Balaban J connectivity index is 1.44. The van der Waals surface area contributed by atoms with Gasteiger partial charge in [0.2, 0.25) is 0 Å². The molecule has 0 N–H and O–H groups in total. The first-order chi connectivity index (χ1) is 11.3. The lowest BCUT2D eigenvalue weighted by Crippen LogP contribution is -2.37. The van der Waals surface area contributed by atoms with Crippen molar-refractivity contribution in [3.05, 3.63) is 0 Å². The molecule has 0 amide bonds. The molecule has 23 heavy (non-hydrogen) atoms. The van der Waals surface area contributed by atoms with E-state index in [0.717, 1.165) is 41.4 Å². The third kappa shape index (κ3) is 3.67. The van der Waals surface area contributed by atoms with Crippen molar-refractivity contribution >= 4 is 0 Å². The van der Waals surface area contributed by atoms with Gasteiger partial charge in [-0.15, -0.1) is 0 Å². The molecule has 0 aromatic carbocycles. The molecular weight excluding hydrogens is 276 g/mol. The van der Waals surface area contributed by atoms with E-state index in [9.17, 15) is 0 Å². The molecule has 0 heterocycles. The first kappa shape index (κ1) is 16.5. The van der Waals surface area contributed by atoms with Crippen LogP contribution in [0.3, 0.4) is 0 Å². The summed E-state index contributed by atoms with van der Waals surface area (Å²) in [7, 11) is 0. The molecule has 0 aromatic heterocycles. The summed E-state index contributed by atoms with van der Waals surface area (Å²) in [5.74, 6) is 7.78. The summed E-state index contributed by atoms with van der Waals surface area (Å²) in [5.41, 5.74) is 0. The van der Waals surface area contributed by atoms with Crippen molar-refractivity contribution in [2.24, 2.45) is 41.4 Å². The van der Waals surface area contributed by atoms with Crippen LogP contribution in [-0.4, -0.2) is 0 Å². The molecule has 0 bridgehead atoms. The second-order valence-electron chi connectivity index (χ2n) is 10.0. The Kier molecular flexibility index (Phi) is 5.36. The minimum absolute atomic E-state index is 1.02. The summed E-state index contributed by atoms with van der Waals surface area (Å²) < 4.78 is 0. The van der Waals surface area contributed by atoms with Crippen LogP contribution in [0.5, 0.6) is 0 Å². The van der Waals surface area contributed by atoms with E-state index in [2.05, 4.69) is 6.92 Å². The predicted molar refractivity (Wildman–Crippen MR) is 99.4 cm³/mol. The molecule has 3 atom stereocenters. The van der Waals surface area contributed by atoms with Crippen LogP contribution in [0, 0.1) is 41.4 Å². The van der Waals surface area contributed by atoms with Crippen molar-refractivity contribution in [1.82, 2.24) is 0 Å². The molecular formula is C23H40. The van der Waals surface area contributed by atoms with Crippen LogP contribution in [0.2, 0.25) is 0 Å². The smallest absolute Gasteiger partial charge is 0.0352 e. The average Bonchev–Trinajstić information content (AvgIpc) is 3.29. The highest BCUT2D eigenvalue weighted by Crippen LogP contribution is 2.52. The summed E-state index contributed by atoms with van der Waals surface area (Å²) in [6, 6.07) is 0. The third-order valence-corrected chi connectivity index (χ3v) is 8.73. The Morgan fingerprint density at radius 3 is 1.61 bits per heavy atom. The molecule has 0 aliphatic heterocycles. The van der Waals surface area contributed by atoms with E-state index < -0.39 is 0 Å². The predicted octanol–water partition coefficient (Wildman–Crippen LogP) is 7.23. The zero-order valence-electron chi connectivity index (χ0n) is 15.6. The molecule has 4 aliphatic carbocycles. The fourth-order valence-corrected chi connectivity index (χ4v) is 7.35. The van der Waals surface area contributed by atoms with Gasteiger partial charge in [0.25, 0.3) is 0 Å². The van der Waals surface area contributed by atoms with E-state index in [1.165, 1.54) is 12.8 Å². The summed E-state index contributed by atoms with van der Waals surface area (Å²) in [5, 5.41) is 0. The highest BCUT2D eigenvalue weighted by atomic mass is 14.5. The molecule has 0 saturated heterocycles. The Morgan fingerprint density at radius 1 is 0.435 bits per heavy atom. The van der Waals surface area contributed by atoms with E-state index in [1.807, 2.05) is 0 Å². The zero-order chi connectivity index (χ0) is 15.6. The van der Waals surface area contributed by atoms with E-state index in [0.29, 0.717) is 0 Å². The number of hydrogen-bond acceptors (Lipinski definition) is 0. The van der Waals surface area contributed by atoms with Crippen molar-refractivity contribution in [3.8, 4) is 0 Å². The van der Waals surface area contributed by atoms with Crippen molar-refractivity contribution in [1.29, 1.82) is 0 Å². The van der Waals surface area contributed by atoms with Gasteiger partial charge in [-0.3, -0.25) is 0 Å². The molecule has 4 fully saturated rings. The van der Waals surface area contributed by atoms with Crippen LogP contribution in [0.1, 0.15) is 103 Å². The van der Waals surface area contributed by atoms with Gasteiger partial charge in [0.05, 0.1) is 0 Å². The Labute approximate surface area is 145 Å². The largest absolute Gasteiger partial charge is 0.0625 e. The van der Waals surface area contributed by atoms with Crippen molar-refractivity contribution in [2.75, 3.05) is 0 Å². The normalized spacial score (nSPS) is 44.0. The molecule has 0 nitrogen and oxygen atoms in total. The maximum atomic E-state index is 2.49. The van der Waals surface area contributed by atoms with Gasteiger partial charge < -0.3 is 0 Å². The first-order valence-electron chi connectivity index (χ1n) is 11.3. The second-order valence-corrected chi connectivity index (χ2v) is 10.0. The fourth-order valence-electron chi connectivity index (χ4n) is 7.35. The van der Waals surface area contributed by atoms with Gasteiger partial charge in [0, 0.05) is 0 Å². The molecule has 0 aromatic rings. The first-order valence-corrected chi connectivity index (χ1v) is 11.3. The standard InChI is InChI=1S/C23H40/c1-17-10-12-20(13-11-17)22-15-14-21(18-6-2-3-7-18)16-23(22)19-8-4-5-9-19/h17-23H,2-16H2,1H3. The van der Waals surface area contributed by atoms with Gasteiger partial charge in [0.1, 0.15) is 0 Å². The molecule has 132 valence electrons. The maximum absolute atomic E-state index is 2.49. The minimum Gasteiger partial charge on any atom is -0.0625 e. The van der Waals surface area contributed by atoms with E-state index in [1.54, 1.807) is 83.5 Å². The Bertz CT molecular complexity index is 352. The maximum Gasteiger partial charge on any atom is -0.0352 e. The molecule has 0 radical (unpaired) electrons. The van der Waals surface area contributed by atoms with Crippen molar-refractivity contribution in [2.45, 2.75) is 103 Å². The Morgan fingerprint density at radius 2 is 0.957 bits per heavy atom. The topological polar surface area (TPSA) is 0 Å². The fraction of sp³-hybridized carbons (Fsp3) is 1.00. The second kappa shape index (κ2) is 7.49. The van der Waals surface area contributed by atoms with Gasteiger partial charge >= 0.3 is 0 Å². The van der Waals surface area contributed by atoms with Gasteiger partial charge in [-0.2, -0.15) is 0 Å². The molecule has 4 aliphatic rings.